The highest BCUT2D eigenvalue weighted by atomic mass is 35.5. The summed E-state index contributed by atoms with van der Waals surface area (Å²) >= 11 is 12.1. The van der Waals surface area contributed by atoms with E-state index in [0.29, 0.717) is 33.9 Å². The van der Waals surface area contributed by atoms with E-state index < -0.39 is 0 Å². The van der Waals surface area contributed by atoms with Crippen molar-refractivity contribution in [2.24, 2.45) is 0 Å². The second-order valence-electron chi connectivity index (χ2n) is 4.45. The zero-order valence-corrected chi connectivity index (χ0v) is 12.9. The summed E-state index contributed by atoms with van der Waals surface area (Å²) in [6.07, 6.45) is 3.09. The van der Waals surface area contributed by atoms with E-state index in [2.05, 4.69) is 20.6 Å². The Balaban J connectivity index is 1.72. The van der Waals surface area contributed by atoms with Crippen molar-refractivity contribution in [3.05, 3.63) is 64.8 Å². The van der Waals surface area contributed by atoms with Crippen LogP contribution in [0.4, 0.5) is 17.3 Å². The third-order valence-corrected chi connectivity index (χ3v) is 3.72. The van der Waals surface area contributed by atoms with E-state index in [1.165, 1.54) is 6.33 Å². The monoisotopic (exact) mass is 334 g/mol. The van der Waals surface area contributed by atoms with E-state index in [1.807, 2.05) is 24.3 Å². The highest BCUT2D eigenvalue weighted by molar-refractivity contribution is 6.43. The number of furan rings is 1. The van der Waals surface area contributed by atoms with E-state index in [1.54, 1.807) is 18.4 Å². The second-order valence-corrected chi connectivity index (χ2v) is 5.23. The van der Waals surface area contributed by atoms with E-state index in [0.717, 1.165) is 5.76 Å². The van der Waals surface area contributed by atoms with Gasteiger partial charge in [0.1, 0.15) is 23.7 Å². The van der Waals surface area contributed by atoms with E-state index in [4.69, 9.17) is 27.6 Å². The molecule has 0 aliphatic carbocycles. The van der Waals surface area contributed by atoms with Crippen molar-refractivity contribution in [1.82, 2.24) is 9.97 Å². The largest absolute Gasteiger partial charge is 0.467 e. The normalized spacial score (nSPS) is 10.5. The fraction of sp³-hybridized carbons (Fsp3) is 0.0667. The second kappa shape index (κ2) is 6.68. The van der Waals surface area contributed by atoms with Gasteiger partial charge in [0.05, 0.1) is 28.5 Å². The molecule has 0 unspecified atom stereocenters. The van der Waals surface area contributed by atoms with E-state index in [9.17, 15) is 0 Å². The number of hydrogen-bond donors (Lipinski definition) is 2. The molecule has 2 N–H and O–H groups in total. The number of rotatable bonds is 5. The fourth-order valence-corrected chi connectivity index (χ4v) is 2.20. The number of nitrogens with zero attached hydrogens (tertiary/aromatic N) is 2. The molecule has 7 heteroatoms. The predicted octanol–water partition coefficient (Wildman–Crippen LogP) is 4.73. The lowest BCUT2D eigenvalue weighted by molar-refractivity contribution is 0.518. The van der Waals surface area contributed by atoms with Crippen LogP contribution in [0.5, 0.6) is 0 Å². The minimum Gasteiger partial charge on any atom is -0.467 e. The van der Waals surface area contributed by atoms with Gasteiger partial charge in [-0.05, 0) is 24.3 Å². The number of benzene rings is 1. The summed E-state index contributed by atoms with van der Waals surface area (Å²) in [6.45, 7) is 0.543. The Kier molecular flexibility index (Phi) is 4.46. The molecule has 3 aromatic rings. The van der Waals surface area contributed by atoms with Crippen molar-refractivity contribution in [2.45, 2.75) is 6.54 Å². The van der Waals surface area contributed by atoms with Crippen LogP contribution in [0.1, 0.15) is 5.76 Å². The summed E-state index contributed by atoms with van der Waals surface area (Å²) in [5.41, 5.74) is 0.685. The fourth-order valence-electron chi connectivity index (χ4n) is 1.85. The van der Waals surface area contributed by atoms with Crippen LogP contribution in [-0.2, 0) is 6.54 Å². The molecular weight excluding hydrogens is 323 g/mol. The molecular formula is C15H12Cl2N4O. The lowest BCUT2D eigenvalue weighted by atomic mass is 10.3. The van der Waals surface area contributed by atoms with Crippen LogP contribution in [0.15, 0.2) is 53.4 Å². The Hall–Kier alpha value is -2.24. The Morgan fingerprint density at radius 3 is 2.73 bits per heavy atom. The third kappa shape index (κ3) is 3.50. The van der Waals surface area contributed by atoms with Gasteiger partial charge in [0.2, 0.25) is 0 Å². The molecule has 0 aliphatic heterocycles. The van der Waals surface area contributed by atoms with Gasteiger partial charge in [-0.25, -0.2) is 9.97 Å². The minimum atomic E-state index is 0.452. The molecule has 2 heterocycles. The van der Waals surface area contributed by atoms with Crippen LogP contribution < -0.4 is 10.6 Å². The van der Waals surface area contributed by atoms with Crippen LogP contribution in [0.2, 0.25) is 10.0 Å². The van der Waals surface area contributed by atoms with Crippen molar-refractivity contribution in [2.75, 3.05) is 10.6 Å². The maximum atomic E-state index is 6.15. The summed E-state index contributed by atoms with van der Waals surface area (Å²) in [4.78, 5) is 8.32. The van der Waals surface area contributed by atoms with Crippen LogP contribution in [0, 0.1) is 0 Å². The molecule has 0 bridgehead atoms. The molecule has 0 atom stereocenters. The van der Waals surface area contributed by atoms with Crippen molar-refractivity contribution in [1.29, 1.82) is 0 Å². The van der Waals surface area contributed by atoms with Gasteiger partial charge in [0.25, 0.3) is 0 Å². The van der Waals surface area contributed by atoms with Gasteiger partial charge in [-0.3, -0.25) is 0 Å². The van der Waals surface area contributed by atoms with Crippen LogP contribution in [0.3, 0.4) is 0 Å². The molecule has 0 fully saturated rings. The van der Waals surface area contributed by atoms with Crippen molar-refractivity contribution >= 4 is 40.5 Å². The first-order valence-electron chi connectivity index (χ1n) is 6.52. The highest BCUT2D eigenvalue weighted by Gasteiger charge is 2.06. The molecule has 0 radical (unpaired) electrons. The van der Waals surface area contributed by atoms with E-state index >= 15 is 0 Å². The summed E-state index contributed by atoms with van der Waals surface area (Å²) in [5, 5.41) is 7.21. The molecule has 22 heavy (non-hydrogen) atoms. The molecule has 3 rings (SSSR count). The van der Waals surface area contributed by atoms with Crippen molar-refractivity contribution in [3.63, 3.8) is 0 Å². The summed E-state index contributed by atoms with van der Waals surface area (Å²) < 4.78 is 5.26. The van der Waals surface area contributed by atoms with Crippen LogP contribution in [-0.4, -0.2) is 9.97 Å². The Morgan fingerprint density at radius 1 is 1.05 bits per heavy atom. The molecule has 0 aliphatic rings. The Morgan fingerprint density at radius 2 is 1.91 bits per heavy atom. The average Bonchev–Trinajstić information content (AvgIpc) is 3.04. The number of anilines is 3. The third-order valence-electron chi connectivity index (χ3n) is 2.91. The van der Waals surface area contributed by atoms with E-state index in [-0.39, 0.29) is 0 Å². The Bertz CT molecular complexity index is 762. The van der Waals surface area contributed by atoms with Gasteiger partial charge >= 0.3 is 0 Å². The van der Waals surface area contributed by atoms with Crippen LogP contribution in [0.25, 0.3) is 0 Å². The zero-order chi connectivity index (χ0) is 15.4. The SMILES string of the molecule is Clc1cccc(Nc2cc(NCc3ccco3)ncn2)c1Cl. The first kappa shape index (κ1) is 14.7. The number of aromatic nitrogens is 2. The number of hydrogen-bond acceptors (Lipinski definition) is 5. The quantitative estimate of drug-likeness (QED) is 0.706. The van der Waals surface area contributed by atoms with Gasteiger partial charge in [0.15, 0.2) is 0 Å². The van der Waals surface area contributed by atoms with Gasteiger partial charge < -0.3 is 15.1 Å². The van der Waals surface area contributed by atoms with Gasteiger partial charge in [-0.1, -0.05) is 29.3 Å². The van der Waals surface area contributed by atoms with Gasteiger partial charge in [-0.15, -0.1) is 0 Å². The topological polar surface area (TPSA) is 63.0 Å². The summed E-state index contributed by atoms with van der Waals surface area (Å²) in [7, 11) is 0. The molecule has 0 spiro atoms. The average molecular weight is 335 g/mol. The van der Waals surface area contributed by atoms with Crippen LogP contribution >= 0.6 is 23.2 Å². The molecule has 112 valence electrons. The molecule has 2 aromatic heterocycles. The zero-order valence-electron chi connectivity index (χ0n) is 11.4. The lowest BCUT2D eigenvalue weighted by Crippen LogP contribution is -2.02. The number of nitrogens with one attached hydrogen (secondary N) is 2. The smallest absolute Gasteiger partial charge is 0.135 e. The molecule has 0 saturated carbocycles. The molecule has 0 amide bonds. The Labute approximate surface area is 137 Å². The van der Waals surface area contributed by atoms with Crippen molar-refractivity contribution in [3.8, 4) is 0 Å². The molecule has 5 nitrogen and oxygen atoms in total. The molecule has 1 aromatic carbocycles. The summed E-state index contributed by atoms with van der Waals surface area (Å²) in [6, 6.07) is 10.9. The maximum Gasteiger partial charge on any atom is 0.135 e. The lowest BCUT2D eigenvalue weighted by Gasteiger charge is -2.10. The van der Waals surface area contributed by atoms with Crippen molar-refractivity contribution < 1.29 is 4.42 Å². The summed E-state index contributed by atoms with van der Waals surface area (Å²) in [5.74, 6) is 2.11. The minimum absolute atomic E-state index is 0.452. The molecule has 0 saturated heterocycles. The predicted molar refractivity (Wildman–Crippen MR) is 87.8 cm³/mol. The van der Waals surface area contributed by atoms with Gasteiger partial charge in [0, 0.05) is 6.07 Å². The first-order valence-corrected chi connectivity index (χ1v) is 7.27. The maximum absolute atomic E-state index is 6.15. The first-order chi connectivity index (χ1) is 10.7. The van der Waals surface area contributed by atoms with Gasteiger partial charge in [-0.2, -0.15) is 0 Å². The standard InChI is InChI=1S/C15H12Cl2N4O/c16-11-4-1-5-12(15(11)17)21-14-7-13(19-9-20-14)18-8-10-3-2-6-22-10/h1-7,9H,8H2,(H2,18,19,20,21). The highest BCUT2D eigenvalue weighted by Crippen LogP contribution is 2.31. The number of halogens is 2.